The largest absolute Gasteiger partial charge is 0.341 e. The predicted molar refractivity (Wildman–Crippen MR) is 133 cm³/mol. The lowest BCUT2D eigenvalue weighted by atomic mass is 9.87. The quantitative estimate of drug-likeness (QED) is 0.680. The Kier molecular flexibility index (Phi) is 6.14. The SMILES string of the molecule is O=C([C@@H]1CCCN1c1nc2c(c(Nc3cc(C4CCCCC4)[nH]n3)n1)CCCC2)N1CCCC1. The van der Waals surface area contributed by atoms with Crippen molar-refractivity contribution in [1.29, 1.82) is 0 Å². The number of carbonyl (C=O) groups excluding carboxylic acids is 1. The average Bonchev–Trinajstić information content (AvgIpc) is 3.66. The van der Waals surface area contributed by atoms with Gasteiger partial charge in [0, 0.05) is 42.9 Å². The first-order valence-electron chi connectivity index (χ1n) is 13.5. The standard InChI is InChI=1S/C26H37N7O/c34-25(32-14-6-7-15-32)22-13-8-16-33(22)26-27-20-12-5-4-11-19(20)24(29-26)28-23-17-21(30-31-23)18-9-2-1-3-10-18/h17-18,22H,1-16H2,(H2,27,28,29,30,31)/t22-/m0/s1. The van der Waals surface area contributed by atoms with Gasteiger partial charge in [-0.25, -0.2) is 4.98 Å². The van der Waals surface area contributed by atoms with Crippen LogP contribution in [0.15, 0.2) is 6.07 Å². The van der Waals surface area contributed by atoms with Gasteiger partial charge in [-0.3, -0.25) is 9.89 Å². The molecule has 2 aliphatic heterocycles. The zero-order valence-electron chi connectivity index (χ0n) is 20.2. The van der Waals surface area contributed by atoms with E-state index in [1.165, 1.54) is 43.4 Å². The monoisotopic (exact) mass is 463 g/mol. The molecule has 4 aliphatic rings. The van der Waals surface area contributed by atoms with E-state index in [2.05, 4.69) is 26.5 Å². The van der Waals surface area contributed by atoms with Gasteiger partial charge in [0.25, 0.3) is 0 Å². The van der Waals surface area contributed by atoms with E-state index in [-0.39, 0.29) is 11.9 Å². The molecule has 8 heteroatoms. The van der Waals surface area contributed by atoms with Crippen LogP contribution in [0, 0.1) is 0 Å². The lowest BCUT2D eigenvalue weighted by molar-refractivity contribution is -0.131. The second-order valence-corrected chi connectivity index (χ2v) is 10.6. The highest BCUT2D eigenvalue weighted by molar-refractivity contribution is 5.85. The van der Waals surface area contributed by atoms with Crippen LogP contribution < -0.4 is 10.2 Å². The van der Waals surface area contributed by atoms with Crippen molar-refractivity contribution in [3.8, 4) is 0 Å². The lowest BCUT2D eigenvalue weighted by Gasteiger charge is -2.29. The summed E-state index contributed by atoms with van der Waals surface area (Å²) in [5, 5.41) is 11.4. The van der Waals surface area contributed by atoms with Crippen LogP contribution in [0.1, 0.15) is 93.5 Å². The van der Waals surface area contributed by atoms with Crippen molar-refractivity contribution in [2.75, 3.05) is 29.9 Å². The fraction of sp³-hybridized carbons (Fsp3) is 0.692. The van der Waals surface area contributed by atoms with Crippen LogP contribution in [0.4, 0.5) is 17.6 Å². The van der Waals surface area contributed by atoms with E-state index < -0.39 is 0 Å². The molecule has 0 radical (unpaired) electrons. The van der Waals surface area contributed by atoms with Gasteiger partial charge >= 0.3 is 0 Å². The number of nitrogens with zero attached hydrogens (tertiary/aromatic N) is 5. The van der Waals surface area contributed by atoms with Gasteiger partial charge in [0.15, 0.2) is 5.82 Å². The van der Waals surface area contributed by atoms with Crippen LogP contribution in [0.2, 0.25) is 0 Å². The van der Waals surface area contributed by atoms with Gasteiger partial charge < -0.3 is 15.1 Å². The van der Waals surface area contributed by atoms with Crippen LogP contribution >= 0.6 is 0 Å². The molecular weight excluding hydrogens is 426 g/mol. The number of rotatable bonds is 5. The van der Waals surface area contributed by atoms with Crippen molar-refractivity contribution in [3.05, 3.63) is 23.0 Å². The third-order valence-corrected chi connectivity index (χ3v) is 8.27. The molecule has 0 bridgehead atoms. The maximum Gasteiger partial charge on any atom is 0.245 e. The fourth-order valence-electron chi connectivity index (χ4n) is 6.37. The molecule has 1 atom stereocenters. The number of aromatic amines is 1. The number of fused-ring (bicyclic) bond motifs is 1. The number of aryl methyl sites for hydroxylation is 1. The second kappa shape index (κ2) is 9.55. The normalized spacial score (nSPS) is 23.4. The van der Waals surface area contributed by atoms with Crippen LogP contribution in [0.3, 0.4) is 0 Å². The number of H-pyrrole nitrogens is 1. The average molecular weight is 464 g/mol. The van der Waals surface area contributed by atoms with E-state index in [0.29, 0.717) is 11.9 Å². The molecule has 2 aromatic heterocycles. The van der Waals surface area contributed by atoms with Crippen molar-refractivity contribution in [2.45, 2.75) is 95.4 Å². The molecule has 2 N–H and O–H groups in total. The van der Waals surface area contributed by atoms with Crippen molar-refractivity contribution >= 4 is 23.5 Å². The first kappa shape index (κ1) is 21.9. The molecule has 3 fully saturated rings. The fourth-order valence-corrected chi connectivity index (χ4v) is 6.37. The summed E-state index contributed by atoms with van der Waals surface area (Å²) in [7, 11) is 0. The molecule has 8 nitrogen and oxygen atoms in total. The first-order valence-corrected chi connectivity index (χ1v) is 13.5. The van der Waals surface area contributed by atoms with Gasteiger partial charge in [-0.15, -0.1) is 0 Å². The lowest BCUT2D eigenvalue weighted by Crippen LogP contribution is -2.45. The van der Waals surface area contributed by atoms with E-state index in [0.717, 1.165) is 88.3 Å². The Bertz CT molecular complexity index is 1020. The number of carbonyl (C=O) groups is 1. The summed E-state index contributed by atoms with van der Waals surface area (Å²) in [5.74, 6) is 3.27. The highest BCUT2D eigenvalue weighted by atomic mass is 16.2. The van der Waals surface area contributed by atoms with Crippen molar-refractivity contribution in [2.24, 2.45) is 0 Å². The summed E-state index contributed by atoms with van der Waals surface area (Å²) in [5.41, 5.74) is 3.60. The van der Waals surface area contributed by atoms with E-state index in [1.54, 1.807) is 0 Å². The number of aromatic nitrogens is 4. The molecule has 6 rings (SSSR count). The molecular formula is C26H37N7O. The van der Waals surface area contributed by atoms with Crippen molar-refractivity contribution < 1.29 is 4.79 Å². The highest BCUT2D eigenvalue weighted by Crippen LogP contribution is 2.35. The summed E-state index contributed by atoms with van der Waals surface area (Å²) < 4.78 is 0. The Morgan fingerprint density at radius 3 is 2.59 bits per heavy atom. The summed E-state index contributed by atoms with van der Waals surface area (Å²) in [6, 6.07) is 2.04. The number of amides is 1. The molecule has 2 saturated heterocycles. The molecule has 0 spiro atoms. The molecule has 2 aliphatic carbocycles. The first-order chi connectivity index (χ1) is 16.8. The van der Waals surface area contributed by atoms with E-state index >= 15 is 0 Å². The van der Waals surface area contributed by atoms with E-state index in [1.807, 2.05) is 4.90 Å². The molecule has 34 heavy (non-hydrogen) atoms. The predicted octanol–water partition coefficient (Wildman–Crippen LogP) is 4.46. The molecule has 1 saturated carbocycles. The molecule has 2 aromatic rings. The molecule has 0 aromatic carbocycles. The molecule has 182 valence electrons. The third-order valence-electron chi connectivity index (χ3n) is 8.27. The van der Waals surface area contributed by atoms with Gasteiger partial charge in [0.2, 0.25) is 11.9 Å². The van der Waals surface area contributed by atoms with E-state index in [4.69, 9.17) is 9.97 Å². The minimum atomic E-state index is -0.129. The minimum absolute atomic E-state index is 0.129. The smallest absolute Gasteiger partial charge is 0.245 e. The maximum atomic E-state index is 13.2. The Balaban J connectivity index is 1.27. The molecule has 1 amide bonds. The Labute approximate surface area is 201 Å². The van der Waals surface area contributed by atoms with Crippen molar-refractivity contribution in [3.63, 3.8) is 0 Å². The summed E-state index contributed by atoms with van der Waals surface area (Å²) in [4.78, 5) is 27.5. The van der Waals surface area contributed by atoms with Gasteiger partial charge in [0.1, 0.15) is 11.9 Å². The van der Waals surface area contributed by atoms with Crippen molar-refractivity contribution in [1.82, 2.24) is 25.1 Å². The van der Waals surface area contributed by atoms with Gasteiger partial charge in [-0.1, -0.05) is 19.3 Å². The Morgan fingerprint density at radius 1 is 0.912 bits per heavy atom. The number of hydrogen-bond acceptors (Lipinski definition) is 6. The number of anilines is 3. The summed E-state index contributed by atoms with van der Waals surface area (Å²) in [6.45, 7) is 2.63. The maximum absolute atomic E-state index is 13.2. The third kappa shape index (κ3) is 4.27. The van der Waals surface area contributed by atoms with Crippen LogP contribution in [-0.2, 0) is 17.6 Å². The summed E-state index contributed by atoms with van der Waals surface area (Å²) >= 11 is 0. The highest BCUT2D eigenvalue weighted by Gasteiger charge is 2.36. The Morgan fingerprint density at radius 2 is 1.74 bits per heavy atom. The molecule has 0 unspecified atom stereocenters. The van der Waals surface area contributed by atoms with Gasteiger partial charge in [-0.05, 0) is 64.2 Å². The van der Waals surface area contributed by atoms with E-state index in [9.17, 15) is 4.79 Å². The number of likely N-dealkylation sites (tertiary alicyclic amines) is 1. The zero-order chi connectivity index (χ0) is 22.9. The Hall–Kier alpha value is -2.64. The van der Waals surface area contributed by atoms with Gasteiger partial charge in [-0.2, -0.15) is 10.1 Å². The minimum Gasteiger partial charge on any atom is -0.341 e. The van der Waals surface area contributed by atoms with Gasteiger partial charge in [0.05, 0.1) is 5.69 Å². The second-order valence-electron chi connectivity index (χ2n) is 10.6. The van der Waals surface area contributed by atoms with Crippen LogP contribution in [0.25, 0.3) is 0 Å². The van der Waals surface area contributed by atoms with Crippen LogP contribution in [0.5, 0.6) is 0 Å². The zero-order valence-corrected chi connectivity index (χ0v) is 20.2. The number of nitrogens with one attached hydrogen (secondary N) is 2. The summed E-state index contributed by atoms with van der Waals surface area (Å²) in [6.07, 6.45) is 14.9. The number of hydrogen-bond donors (Lipinski definition) is 2. The molecule has 4 heterocycles. The van der Waals surface area contributed by atoms with Crippen LogP contribution in [-0.4, -0.2) is 56.6 Å². The topological polar surface area (TPSA) is 90.0 Å².